The largest absolute Gasteiger partial charge is 0.390 e. The van der Waals surface area contributed by atoms with Crippen molar-refractivity contribution in [3.63, 3.8) is 0 Å². The Labute approximate surface area is 60.9 Å². The van der Waals surface area contributed by atoms with Gasteiger partial charge in [0.05, 0.1) is 5.60 Å². The maximum absolute atomic E-state index is 9.61. The third-order valence-electron chi connectivity index (χ3n) is 1.43. The van der Waals surface area contributed by atoms with Gasteiger partial charge in [-0.25, -0.2) is 0 Å². The van der Waals surface area contributed by atoms with E-state index in [0.717, 1.165) is 12.8 Å². The van der Waals surface area contributed by atoms with Gasteiger partial charge in [-0.3, -0.25) is 0 Å². The van der Waals surface area contributed by atoms with E-state index in [1.807, 2.05) is 0 Å². The van der Waals surface area contributed by atoms with Gasteiger partial charge in [0.25, 0.3) is 0 Å². The Balaban J connectivity index is 3.43. The van der Waals surface area contributed by atoms with Crippen molar-refractivity contribution in [2.45, 2.75) is 52.0 Å². The molecule has 1 heteroatoms. The minimum absolute atomic E-state index is 0.386. The van der Waals surface area contributed by atoms with Gasteiger partial charge in [-0.2, -0.15) is 0 Å². The molecule has 0 aromatic carbocycles. The fourth-order valence-corrected chi connectivity index (χ4v) is 0.887. The standard InChI is InChI=1S/C8H18O/c1-4-6-8(3,9)7-5-2/h9H,4-7H2,1-3H3/i1T,2T. The van der Waals surface area contributed by atoms with Crippen LogP contribution in [0.5, 0.6) is 0 Å². The summed E-state index contributed by atoms with van der Waals surface area (Å²) >= 11 is 0. The van der Waals surface area contributed by atoms with E-state index in [-0.39, 0.29) is 0 Å². The third kappa shape index (κ3) is 4.46. The van der Waals surface area contributed by atoms with Gasteiger partial charge in [0.1, 0.15) is 0 Å². The third-order valence-corrected chi connectivity index (χ3v) is 1.43. The molecule has 0 unspecified atom stereocenters. The fourth-order valence-electron chi connectivity index (χ4n) is 0.887. The minimum atomic E-state index is -0.637. The van der Waals surface area contributed by atoms with Crippen molar-refractivity contribution in [2.24, 2.45) is 0 Å². The van der Waals surface area contributed by atoms with Gasteiger partial charge in [-0.05, 0) is 19.8 Å². The minimum Gasteiger partial charge on any atom is -0.390 e. The zero-order valence-electron chi connectivity index (χ0n) is 8.19. The van der Waals surface area contributed by atoms with Crippen molar-refractivity contribution in [1.82, 2.24) is 0 Å². The lowest BCUT2D eigenvalue weighted by atomic mass is 9.95. The van der Waals surface area contributed by atoms with Crippen LogP contribution in [0.3, 0.4) is 0 Å². The fraction of sp³-hybridized carbons (Fsp3) is 1.00. The molecule has 0 aromatic rings. The highest BCUT2D eigenvalue weighted by molar-refractivity contribution is 4.69. The lowest BCUT2D eigenvalue weighted by Crippen LogP contribution is -2.22. The Kier molecular flexibility index (Phi) is 2.47. The molecule has 0 saturated carbocycles. The highest BCUT2D eigenvalue weighted by atomic mass is 16.3. The lowest BCUT2D eigenvalue weighted by molar-refractivity contribution is 0.0406. The van der Waals surface area contributed by atoms with Crippen LogP contribution in [0.15, 0.2) is 0 Å². The first-order valence-corrected chi connectivity index (χ1v) is 3.43. The molecule has 0 fully saturated rings. The molecule has 1 nitrogen and oxygen atoms in total. The van der Waals surface area contributed by atoms with E-state index in [0.29, 0.717) is 26.6 Å². The molecule has 0 radical (unpaired) electrons. The van der Waals surface area contributed by atoms with Gasteiger partial charge in [0.15, 0.2) is 0 Å². The number of hydrogen-bond acceptors (Lipinski definition) is 1. The number of hydrogen-bond donors (Lipinski definition) is 1. The van der Waals surface area contributed by atoms with Crippen LogP contribution in [-0.2, 0) is 0 Å². The second-order valence-corrected chi connectivity index (χ2v) is 2.70. The van der Waals surface area contributed by atoms with Gasteiger partial charge in [-0.1, -0.05) is 26.6 Å². The summed E-state index contributed by atoms with van der Waals surface area (Å²) in [5.74, 6) is 0. The van der Waals surface area contributed by atoms with Crippen molar-refractivity contribution in [3.8, 4) is 0 Å². The van der Waals surface area contributed by atoms with Crippen LogP contribution in [0.2, 0.25) is 0 Å². The summed E-state index contributed by atoms with van der Waals surface area (Å²) in [4.78, 5) is 0. The molecular formula is C8H18O. The van der Waals surface area contributed by atoms with E-state index in [4.69, 9.17) is 2.74 Å². The van der Waals surface area contributed by atoms with Crippen LogP contribution in [0.4, 0.5) is 0 Å². The second-order valence-electron chi connectivity index (χ2n) is 2.70. The highest BCUT2D eigenvalue weighted by Gasteiger charge is 2.16. The lowest BCUT2D eigenvalue weighted by Gasteiger charge is -2.21. The van der Waals surface area contributed by atoms with Gasteiger partial charge in [-0.15, -0.1) is 0 Å². The molecule has 0 aromatic heterocycles. The van der Waals surface area contributed by atoms with Crippen molar-refractivity contribution in [3.05, 3.63) is 0 Å². The quantitative estimate of drug-likeness (QED) is 0.625. The molecule has 0 aliphatic rings. The highest BCUT2D eigenvalue weighted by Crippen LogP contribution is 2.17. The smallest absolute Gasteiger partial charge is 0.0619 e. The molecule has 0 bridgehead atoms. The summed E-state index contributed by atoms with van der Waals surface area (Å²) in [5.41, 5.74) is -0.637. The number of rotatable bonds is 4. The zero-order valence-corrected chi connectivity index (χ0v) is 6.19. The summed E-state index contributed by atoms with van der Waals surface area (Å²) < 4.78 is 13.8. The maximum atomic E-state index is 9.61. The first kappa shape index (κ1) is 5.72. The molecule has 0 aliphatic carbocycles. The molecule has 0 rings (SSSR count). The molecule has 0 saturated heterocycles. The summed E-state index contributed by atoms with van der Waals surface area (Å²) in [6, 6.07) is 0. The topological polar surface area (TPSA) is 20.2 Å². The molecule has 0 amide bonds. The maximum Gasteiger partial charge on any atom is 0.0619 e. The van der Waals surface area contributed by atoms with E-state index in [1.165, 1.54) is 0 Å². The Hall–Kier alpha value is -0.0400. The molecule has 0 aliphatic heterocycles. The predicted octanol–water partition coefficient (Wildman–Crippen LogP) is 2.34. The van der Waals surface area contributed by atoms with Crippen molar-refractivity contribution < 1.29 is 7.85 Å². The Morgan fingerprint density at radius 1 is 1.33 bits per heavy atom. The van der Waals surface area contributed by atoms with Crippen LogP contribution in [-0.4, -0.2) is 10.7 Å². The predicted molar refractivity (Wildman–Crippen MR) is 40.4 cm³/mol. The normalized spacial score (nSPS) is 14.9. The van der Waals surface area contributed by atoms with Crippen molar-refractivity contribution in [1.29, 1.82) is 0 Å². The summed E-state index contributed by atoms with van der Waals surface area (Å²) in [6.07, 6.45) is 2.89. The molecule has 0 spiro atoms. The Bertz CT molecular complexity index is 84.1. The molecule has 56 valence electrons. The van der Waals surface area contributed by atoms with Crippen molar-refractivity contribution >= 4 is 0 Å². The molecule has 0 atom stereocenters. The summed E-state index contributed by atoms with van der Waals surface area (Å²) in [5, 5.41) is 9.61. The van der Waals surface area contributed by atoms with E-state index in [9.17, 15) is 5.11 Å². The molecule has 9 heavy (non-hydrogen) atoms. The van der Waals surface area contributed by atoms with Crippen LogP contribution in [0.25, 0.3) is 0 Å². The summed E-state index contributed by atoms with van der Waals surface area (Å²) in [6.45, 7) is 2.56. The number of aliphatic hydroxyl groups is 1. The van der Waals surface area contributed by atoms with E-state index in [1.54, 1.807) is 6.92 Å². The zero-order chi connectivity index (χ0) is 8.74. The molecule has 1 N–H and O–H groups in total. The monoisotopic (exact) mass is 134 g/mol. The SMILES string of the molecule is [3H]CCCC(C)(O)CCC[3H]. The molecule has 0 heterocycles. The average molecular weight is 134 g/mol. The molecular weight excluding hydrogens is 112 g/mol. The first-order valence-electron chi connectivity index (χ1n) is 4.84. The average Bonchev–Trinajstić information content (AvgIpc) is 1.97. The van der Waals surface area contributed by atoms with E-state index >= 15 is 0 Å². The second kappa shape index (κ2) is 3.89. The van der Waals surface area contributed by atoms with Crippen LogP contribution >= 0.6 is 0 Å². The van der Waals surface area contributed by atoms with Gasteiger partial charge in [0, 0.05) is 2.74 Å². The van der Waals surface area contributed by atoms with E-state index < -0.39 is 5.60 Å². The Morgan fingerprint density at radius 2 is 1.78 bits per heavy atom. The summed E-state index contributed by atoms with van der Waals surface area (Å²) in [7, 11) is 0. The Morgan fingerprint density at radius 3 is 2.11 bits per heavy atom. The van der Waals surface area contributed by atoms with Gasteiger partial charge < -0.3 is 5.11 Å². The van der Waals surface area contributed by atoms with Crippen LogP contribution < -0.4 is 0 Å². The van der Waals surface area contributed by atoms with Crippen LogP contribution in [0.1, 0.15) is 49.1 Å². The van der Waals surface area contributed by atoms with Gasteiger partial charge >= 0.3 is 0 Å². The van der Waals surface area contributed by atoms with E-state index in [2.05, 4.69) is 0 Å². The van der Waals surface area contributed by atoms with Crippen LogP contribution in [0, 0.1) is 0 Å². The van der Waals surface area contributed by atoms with Crippen molar-refractivity contribution in [2.75, 3.05) is 0 Å². The van der Waals surface area contributed by atoms with Gasteiger partial charge in [0.2, 0.25) is 0 Å². The first-order chi connectivity index (χ1) is 5.12.